The molecule has 142 valence electrons. The van der Waals surface area contributed by atoms with Gasteiger partial charge in [0, 0.05) is 37.5 Å². The summed E-state index contributed by atoms with van der Waals surface area (Å²) in [5, 5.41) is 9.21. The van der Waals surface area contributed by atoms with E-state index < -0.39 is 5.97 Å². The first-order valence-electron chi connectivity index (χ1n) is 8.91. The van der Waals surface area contributed by atoms with E-state index >= 15 is 0 Å². The SMILES string of the molecule is O=C(O)CCC1CCCN(C(=O)c2ccc(Oc3ccncc3)c(Cl)c2)C1. The van der Waals surface area contributed by atoms with Gasteiger partial charge in [-0.25, -0.2) is 0 Å². The first-order valence-corrected chi connectivity index (χ1v) is 9.29. The van der Waals surface area contributed by atoms with Crippen molar-refractivity contribution in [2.75, 3.05) is 13.1 Å². The van der Waals surface area contributed by atoms with Gasteiger partial charge in [-0.2, -0.15) is 0 Å². The Morgan fingerprint density at radius 2 is 2.04 bits per heavy atom. The Morgan fingerprint density at radius 1 is 1.26 bits per heavy atom. The third kappa shape index (κ3) is 5.20. The van der Waals surface area contributed by atoms with Gasteiger partial charge in [0.15, 0.2) is 0 Å². The number of carboxylic acid groups (broad SMARTS) is 1. The van der Waals surface area contributed by atoms with Gasteiger partial charge in [-0.15, -0.1) is 0 Å². The van der Waals surface area contributed by atoms with Crippen molar-refractivity contribution in [1.82, 2.24) is 9.88 Å². The van der Waals surface area contributed by atoms with Gasteiger partial charge in [0.1, 0.15) is 11.5 Å². The molecule has 27 heavy (non-hydrogen) atoms. The van der Waals surface area contributed by atoms with E-state index in [-0.39, 0.29) is 18.2 Å². The predicted octanol–water partition coefficient (Wildman–Crippen LogP) is 4.24. The summed E-state index contributed by atoms with van der Waals surface area (Å²) < 4.78 is 5.71. The lowest BCUT2D eigenvalue weighted by atomic mass is 9.93. The van der Waals surface area contributed by atoms with E-state index in [1.54, 1.807) is 47.6 Å². The van der Waals surface area contributed by atoms with Gasteiger partial charge in [0.25, 0.3) is 5.91 Å². The maximum atomic E-state index is 12.8. The molecular formula is C20H21ClN2O4. The highest BCUT2D eigenvalue weighted by Gasteiger charge is 2.25. The van der Waals surface area contributed by atoms with Crippen molar-refractivity contribution in [2.24, 2.45) is 5.92 Å². The molecule has 1 aromatic heterocycles. The topological polar surface area (TPSA) is 79.7 Å². The largest absolute Gasteiger partial charge is 0.481 e. The highest BCUT2D eigenvalue weighted by atomic mass is 35.5. The van der Waals surface area contributed by atoms with Crippen LogP contribution in [0, 0.1) is 5.92 Å². The van der Waals surface area contributed by atoms with Crippen LogP contribution in [0.15, 0.2) is 42.7 Å². The highest BCUT2D eigenvalue weighted by molar-refractivity contribution is 6.32. The van der Waals surface area contributed by atoms with E-state index in [2.05, 4.69) is 4.98 Å². The van der Waals surface area contributed by atoms with Crippen LogP contribution in [0.5, 0.6) is 11.5 Å². The number of amides is 1. The number of likely N-dealkylation sites (tertiary alicyclic amines) is 1. The smallest absolute Gasteiger partial charge is 0.303 e. The number of halogens is 1. The molecule has 1 N–H and O–H groups in total. The van der Waals surface area contributed by atoms with Gasteiger partial charge < -0.3 is 14.7 Å². The Balaban J connectivity index is 1.66. The number of aromatic nitrogens is 1. The third-order valence-corrected chi connectivity index (χ3v) is 4.92. The van der Waals surface area contributed by atoms with Crippen molar-refractivity contribution in [2.45, 2.75) is 25.7 Å². The number of aliphatic carboxylic acids is 1. The van der Waals surface area contributed by atoms with E-state index in [0.717, 1.165) is 12.8 Å². The van der Waals surface area contributed by atoms with Crippen molar-refractivity contribution < 1.29 is 19.4 Å². The number of rotatable bonds is 6. The molecule has 0 spiro atoms. The normalized spacial score (nSPS) is 16.8. The molecule has 1 aliphatic rings. The maximum absolute atomic E-state index is 12.8. The number of carbonyl (C=O) groups excluding carboxylic acids is 1. The summed E-state index contributed by atoms with van der Waals surface area (Å²) in [6.07, 6.45) is 5.82. The number of benzene rings is 1. The lowest BCUT2D eigenvalue weighted by Crippen LogP contribution is -2.40. The molecule has 1 atom stereocenters. The van der Waals surface area contributed by atoms with Gasteiger partial charge in [-0.3, -0.25) is 14.6 Å². The number of pyridine rings is 1. The zero-order chi connectivity index (χ0) is 19.2. The Hall–Kier alpha value is -2.60. The van der Waals surface area contributed by atoms with Crippen molar-refractivity contribution >= 4 is 23.5 Å². The number of hydrogen-bond acceptors (Lipinski definition) is 4. The number of hydrogen-bond donors (Lipinski definition) is 1. The molecule has 7 heteroatoms. The van der Waals surface area contributed by atoms with Crippen LogP contribution in [0.2, 0.25) is 5.02 Å². The minimum Gasteiger partial charge on any atom is -0.481 e. The Morgan fingerprint density at radius 3 is 2.74 bits per heavy atom. The molecule has 1 aliphatic heterocycles. The minimum absolute atomic E-state index is 0.0904. The van der Waals surface area contributed by atoms with Crippen LogP contribution < -0.4 is 4.74 Å². The second-order valence-electron chi connectivity index (χ2n) is 6.62. The zero-order valence-corrected chi connectivity index (χ0v) is 15.6. The third-order valence-electron chi connectivity index (χ3n) is 4.63. The van der Waals surface area contributed by atoms with Crippen molar-refractivity contribution in [3.05, 3.63) is 53.3 Å². The Bertz CT molecular complexity index is 813. The minimum atomic E-state index is -0.796. The van der Waals surface area contributed by atoms with E-state index in [4.69, 9.17) is 21.4 Å². The zero-order valence-electron chi connectivity index (χ0n) is 14.8. The van der Waals surface area contributed by atoms with Crippen LogP contribution in [-0.4, -0.2) is 40.0 Å². The quantitative estimate of drug-likeness (QED) is 0.800. The fourth-order valence-electron chi connectivity index (χ4n) is 3.25. The summed E-state index contributed by atoms with van der Waals surface area (Å²) in [7, 11) is 0. The summed E-state index contributed by atoms with van der Waals surface area (Å²) in [5.74, 6) is 0.423. The predicted molar refractivity (Wildman–Crippen MR) is 101 cm³/mol. The number of carbonyl (C=O) groups is 2. The fourth-order valence-corrected chi connectivity index (χ4v) is 3.46. The summed E-state index contributed by atoms with van der Waals surface area (Å²) in [6, 6.07) is 8.44. The fraction of sp³-hybridized carbons (Fsp3) is 0.350. The standard InChI is InChI=1S/C20H21ClN2O4/c21-17-12-15(4-5-18(17)27-16-7-9-22-10-8-16)20(26)23-11-1-2-14(13-23)3-6-19(24)25/h4-5,7-10,12,14H,1-3,6,11,13H2,(H,24,25). The van der Waals surface area contributed by atoms with Crippen molar-refractivity contribution in [1.29, 1.82) is 0 Å². The van der Waals surface area contributed by atoms with Crippen LogP contribution >= 0.6 is 11.6 Å². The number of piperidine rings is 1. The lowest BCUT2D eigenvalue weighted by molar-refractivity contribution is -0.137. The second-order valence-corrected chi connectivity index (χ2v) is 7.03. The number of nitrogens with zero attached hydrogens (tertiary/aromatic N) is 2. The molecule has 1 fully saturated rings. The molecule has 1 amide bonds. The molecule has 2 heterocycles. The monoisotopic (exact) mass is 388 g/mol. The van der Waals surface area contributed by atoms with E-state index in [1.807, 2.05) is 0 Å². The van der Waals surface area contributed by atoms with Crippen LogP contribution in [0.3, 0.4) is 0 Å². The molecule has 1 aromatic carbocycles. The molecule has 2 aromatic rings. The molecule has 0 aliphatic carbocycles. The lowest BCUT2D eigenvalue weighted by Gasteiger charge is -2.32. The van der Waals surface area contributed by atoms with Crippen LogP contribution in [0.25, 0.3) is 0 Å². The summed E-state index contributed by atoms with van der Waals surface area (Å²) in [6.45, 7) is 1.26. The van der Waals surface area contributed by atoms with Crippen LogP contribution in [0.1, 0.15) is 36.0 Å². The van der Waals surface area contributed by atoms with E-state index in [0.29, 0.717) is 41.6 Å². The van der Waals surface area contributed by atoms with Gasteiger partial charge in [0.2, 0.25) is 0 Å². The van der Waals surface area contributed by atoms with Gasteiger partial charge in [0.05, 0.1) is 5.02 Å². The van der Waals surface area contributed by atoms with Gasteiger partial charge in [-0.1, -0.05) is 11.6 Å². The van der Waals surface area contributed by atoms with Gasteiger partial charge in [-0.05, 0) is 55.5 Å². The molecular weight excluding hydrogens is 368 g/mol. The van der Waals surface area contributed by atoms with Crippen molar-refractivity contribution in [3.8, 4) is 11.5 Å². The summed E-state index contributed by atoms with van der Waals surface area (Å²) in [5.41, 5.74) is 0.501. The van der Waals surface area contributed by atoms with E-state index in [1.165, 1.54) is 0 Å². The molecule has 0 saturated carbocycles. The average Bonchev–Trinajstić information content (AvgIpc) is 2.68. The second kappa shape index (κ2) is 8.86. The van der Waals surface area contributed by atoms with Crippen LogP contribution in [0.4, 0.5) is 0 Å². The Labute approximate surface area is 162 Å². The first kappa shape index (κ1) is 19.2. The first-order chi connectivity index (χ1) is 13.0. The van der Waals surface area contributed by atoms with Crippen LogP contribution in [-0.2, 0) is 4.79 Å². The maximum Gasteiger partial charge on any atom is 0.303 e. The molecule has 1 saturated heterocycles. The number of ether oxygens (including phenoxy) is 1. The highest BCUT2D eigenvalue weighted by Crippen LogP contribution is 2.31. The molecule has 3 rings (SSSR count). The van der Waals surface area contributed by atoms with Gasteiger partial charge >= 0.3 is 5.97 Å². The molecule has 1 unspecified atom stereocenters. The molecule has 6 nitrogen and oxygen atoms in total. The summed E-state index contributed by atoms with van der Waals surface area (Å²) in [4.78, 5) is 29.3. The molecule has 0 bridgehead atoms. The van der Waals surface area contributed by atoms with E-state index in [9.17, 15) is 9.59 Å². The van der Waals surface area contributed by atoms with Crippen molar-refractivity contribution in [3.63, 3.8) is 0 Å². The number of carboxylic acids is 1. The summed E-state index contributed by atoms with van der Waals surface area (Å²) >= 11 is 6.30. The average molecular weight is 389 g/mol. The molecule has 0 radical (unpaired) electrons. The Kier molecular flexibility index (Phi) is 6.29.